The van der Waals surface area contributed by atoms with E-state index in [1.54, 1.807) is 0 Å². The van der Waals surface area contributed by atoms with Gasteiger partial charge in [-0.1, -0.05) is 0 Å². The van der Waals surface area contributed by atoms with Crippen LogP contribution in [0.3, 0.4) is 0 Å². The standard InChI is InChI=1S/C6H2F12O2/c7-2(8,4(11,12)13)1(19,6(17,18)20)3(9,10)5(14,15)16/h19-20H. The lowest BCUT2D eigenvalue weighted by Gasteiger charge is -2.43. The summed E-state index contributed by atoms with van der Waals surface area (Å²) in [7, 11) is 0. The van der Waals surface area contributed by atoms with Crippen LogP contribution in [0, 0.1) is 0 Å². The van der Waals surface area contributed by atoms with Crippen molar-refractivity contribution in [3.05, 3.63) is 0 Å². The Bertz CT molecular complexity index is 334. The molecular weight excluding hydrogens is 332 g/mol. The molecule has 0 aliphatic heterocycles. The van der Waals surface area contributed by atoms with Gasteiger partial charge in [0.25, 0.3) is 0 Å². The first-order chi connectivity index (χ1) is 8.25. The third-order valence-electron chi connectivity index (χ3n) is 2.06. The quantitative estimate of drug-likeness (QED) is 0.779. The molecule has 14 heteroatoms. The Morgan fingerprint density at radius 3 is 0.750 bits per heavy atom. The molecule has 0 aliphatic rings. The molecule has 0 unspecified atom stereocenters. The molecule has 0 atom stereocenters. The van der Waals surface area contributed by atoms with E-state index in [0.717, 1.165) is 0 Å². The molecule has 2 nitrogen and oxygen atoms in total. The Balaban J connectivity index is 6.50. The molecular formula is C6H2F12O2. The number of aliphatic hydroxyl groups is 2. The molecule has 0 saturated heterocycles. The summed E-state index contributed by atoms with van der Waals surface area (Å²) in [5.41, 5.74) is -7.50. The van der Waals surface area contributed by atoms with Crippen LogP contribution in [0.5, 0.6) is 0 Å². The monoisotopic (exact) mass is 334 g/mol. The average Bonchev–Trinajstić information content (AvgIpc) is 2.10. The van der Waals surface area contributed by atoms with E-state index < -0.39 is 35.9 Å². The Kier molecular flexibility index (Phi) is 4.09. The van der Waals surface area contributed by atoms with E-state index >= 15 is 0 Å². The second-order valence-electron chi connectivity index (χ2n) is 3.40. The molecule has 0 amide bonds. The lowest BCUT2D eigenvalue weighted by atomic mass is 9.85. The molecule has 0 spiro atoms. The van der Waals surface area contributed by atoms with E-state index in [0.29, 0.717) is 0 Å². The number of alkyl halides is 12. The molecule has 2 N–H and O–H groups in total. The molecule has 0 aromatic rings. The van der Waals surface area contributed by atoms with E-state index in [-0.39, 0.29) is 0 Å². The Hall–Kier alpha value is -0.920. The molecule has 0 bridgehead atoms. The predicted octanol–water partition coefficient (Wildman–Crippen LogP) is 2.70. The first kappa shape index (κ1) is 19.1. The summed E-state index contributed by atoms with van der Waals surface area (Å²) >= 11 is 0. The van der Waals surface area contributed by atoms with E-state index in [1.807, 2.05) is 0 Å². The minimum Gasteiger partial charge on any atom is -0.371 e. The van der Waals surface area contributed by atoms with Crippen LogP contribution in [0.15, 0.2) is 0 Å². The lowest BCUT2D eigenvalue weighted by molar-refractivity contribution is -0.489. The van der Waals surface area contributed by atoms with E-state index in [9.17, 15) is 52.7 Å². The second kappa shape index (κ2) is 4.29. The van der Waals surface area contributed by atoms with Crippen molar-refractivity contribution in [1.29, 1.82) is 0 Å². The molecule has 0 aromatic carbocycles. The zero-order valence-electron chi connectivity index (χ0n) is 8.43. The van der Waals surface area contributed by atoms with Crippen molar-refractivity contribution in [1.82, 2.24) is 0 Å². The van der Waals surface area contributed by atoms with Gasteiger partial charge in [-0.05, 0) is 0 Å². The third kappa shape index (κ3) is 2.27. The molecule has 20 heavy (non-hydrogen) atoms. The summed E-state index contributed by atoms with van der Waals surface area (Å²) in [4.78, 5) is 0. The van der Waals surface area contributed by atoms with Crippen molar-refractivity contribution >= 4 is 0 Å². The number of halogens is 12. The molecule has 0 heterocycles. The van der Waals surface area contributed by atoms with Crippen molar-refractivity contribution in [3.8, 4) is 0 Å². The van der Waals surface area contributed by atoms with Gasteiger partial charge in [0.1, 0.15) is 0 Å². The minimum atomic E-state index is -7.70. The minimum absolute atomic E-state index is 7.15. The number of hydrogen-bond acceptors (Lipinski definition) is 2. The molecule has 0 aliphatic carbocycles. The predicted molar refractivity (Wildman–Crippen MR) is 34.1 cm³/mol. The van der Waals surface area contributed by atoms with Gasteiger partial charge >= 0.3 is 35.9 Å². The smallest absolute Gasteiger partial charge is 0.371 e. The van der Waals surface area contributed by atoms with Crippen LogP contribution in [-0.4, -0.2) is 46.1 Å². The summed E-state index contributed by atoms with van der Waals surface area (Å²) in [5.74, 6) is -15.4. The van der Waals surface area contributed by atoms with Gasteiger partial charge in [0.2, 0.25) is 0 Å². The Morgan fingerprint density at radius 1 is 0.450 bits per heavy atom. The first-order valence-electron chi connectivity index (χ1n) is 3.97. The topological polar surface area (TPSA) is 40.5 Å². The van der Waals surface area contributed by atoms with Crippen LogP contribution in [0.2, 0.25) is 0 Å². The van der Waals surface area contributed by atoms with Crippen molar-refractivity contribution in [2.45, 2.75) is 35.9 Å². The third-order valence-corrected chi connectivity index (χ3v) is 2.06. The fourth-order valence-electron chi connectivity index (χ4n) is 0.985. The first-order valence-corrected chi connectivity index (χ1v) is 3.97. The molecule has 122 valence electrons. The molecule has 0 aromatic heterocycles. The van der Waals surface area contributed by atoms with Crippen LogP contribution < -0.4 is 0 Å². The molecule has 0 rings (SSSR count). The highest BCUT2D eigenvalue weighted by atomic mass is 19.4. The zero-order chi connectivity index (χ0) is 17.0. The normalized spacial score (nSPS) is 16.5. The van der Waals surface area contributed by atoms with Crippen LogP contribution >= 0.6 is 0 Å². The molecule has 0 saturated carbocycles. The number of hydrogen-bond donors (Lipinski definition) is 2. The fourth-order valence-corrected chi connectivity index (χ4v) is 0.985. The van der Waals surface area contributed by atoms with Gasteiger partial charge < -0.3 is 10.2 Å². The highest BCUT2D eigenvalue weighted by Crippen LogP contribution is 2.59. The van der Waals surface area contributed by atoms with Gasteiger partial charge in [-0.25, -0.2) is 0 Å². The van der Waals surface area contributed by atoms with Gasteiger partial charge in [0.05, 0.1) is 0 Å². The zero-order valence-corrected chi connectivity index (χ0v) is 8.43. The van der Waals surface area contributed by atoms with E-state index in [1.165, 1.54) is 0 Å². The summed E-state index contributed by atoms with van der Waals surface area (Å²) in [6.07, 6.45) is -22.0. The summed E-state index contributed by atoms with van der Waals surface area (Å²) in [5, 5.41) is 15.7. The SMILES string of the molecule is OC(F)(F)C(O)(C(F)(F)C(F)(F)F)C(F)(F)C(F)(F)F. The van der Waals surface area contributed by atoms with Crippen molar-refractivity contribution in [2.24, 2.45) is 0 Å². The largest absolute Gasteiger partial charge is 0.457 e. The van der Waals surface area contributed by atoms with Crippen molar-refractivity contribution < 1.29 is 62.9 Å². The van der Waals surface area contributed by atoms with E-state index in [4.69, 9.17) is 10.2 Å². The van der Waals surface area contributed by atoms with Gasteiger partial charge in [0.15, 0.2) is 0 Å². The van der Waals surface area contributed by atoms with E-state index in [2.05, 4.69) is 0 Å². The molecule has 0 radical (unpaired) electrons. The fraction of sp³-hybridized carbons (Fsp3) is 1.00. The highest BCUT2D eigenvalue weighted by Gasteiger charge is 2.92. The van der Waals surface area contributed by atoms with Gasteiger partial charge in [-0.15, -0.1) is 0 Å². The molecule has 0 fully saturated rings. The van der Waals surface area contributed by atoms with Crippen molar-refractivity contribution in [2.75, 3.05) is 0 Å². The Morgan fingerprint density at radius 2 is 0.650 bits per heavy atom. The maximum absolute atomic E-state index is 12.5. The highest BCUT2D eigenvalue weighted by molar-refractivity contribution is 5.13. The number of rotatable bonds is 3. The van der Waals surface area contributed by atoms with Gasteiger partial charge in [-0.3, -0.25) is 0 Å². The van der Waals surface area contributed by atoms with Gasteiger partial charge in [0, 0.05) is 0 Å². The summed E-state index contributed by atoms with van der Waals surface area (Å²) in [6.45, 7) is 0. The maximum Gasteiger partial charge on any atom is 0.457 e. The summed E-state index contributed by atoms with van der Waals surface area (Å²) < 4.78 is 145. The average molecular weight is 334 g/mol. The lowest BCUT2D eigenvalue weighted by Crippen LogP contribution is -2.77. The van der Waals surface area contributed by atoms with Crippen LogP contribution in [0.25, 0.3) is 0 Å². The van der Waals surface area contributed by atoms with Crippen LogP contribution in [0.4, 0.5) is 52.7 Å². The van der Waals surface area contributed by atoms with Crippen LogP contribution in [0.1, 0.15) is 0 Å². The Labute approximate surface area is 100 Å². The second-order valence-corrected chi connectivity index (χ2v) is 3.40. The summed E-state index contributed by atoms with van der Waals surface area (Å²) in [6, 6.07) is 0. The van der Waals surface area contributed by atoms with Crippen LogP contribution in [-0.2, 0) is 0 Å². The van der Waals surface area contributed by atoms with Crippen molar-refractivity contribution in [3.63, 3.8) is 0 Å². The maximum atomic E-state index is 12.5. The van der Waals surface area contributed by atoms with Gasteiger partial charge in [-0.2, -0.15) is 52.7 Å².